The molecule has 0 aliphatic heterocycles. The van der Waals surface area contributed by atoms with Crippen molar-refractivity contribution in [1.29, 1.82) is 0 Å². The minimum Gasteiger partial charge on any atom is -0.343 e. The summed E-state index contributed by atoms with van der Waals surface area (Å²) >= 11 is 0. The lowest BCUT2D eigenvalue weighted by Gasteiger charge is -2.58. The van der Waals surface area contributed by atoms with Crippen LogP contribution in [0.4, 0.5) is 0 Å². The third-order valence-corrected chi connectivity index (χ3v) is 17.4. The van der Waals surface area contributed by atoms with Gasteiger partial charge in [0.05, 0.1) is 0 Å². The van der Waals surface area contributed by atoms with Crippen molar-refractivity contribution >= 4 is 52.3 Å². The zero-order valence-corrected chi connectivity index (χ0v) is 39.1. The molecule has 0 saturated heterocycles. The van der Waals surface area contributed by atoms with E-state index in [9.17, 15) is 4.79 Å². The van der Waals surface area contributed by atoms with E-state index in [2.05, 4.69) is 84.1 Å². The van der Waals surface area contributed by atoms with Crippen molar-refractivity contribution in [3.63, 3.8) is 0 Å². The van der Waals surface area contributed by atoms with Gasteiger partial charge in [-0.05, 0) is 145 Å². The summed E-state index contributed by atoms with van der Waals surface area (Å²) in [6.45, 7) is 22.8. The molecule has 8 atom stereocenters. The first-order chi connectivity index (χ1) is 23.9. The van der Waals surface area contributed by atoms with Gasteiger partial charge >= 0.3 is 0 Å². The Morgan fingerprint density at radius 2 is 1.53 bits per heavy atom. The second-order valence-corrected chi connectivity index (χ2v) is 23.2. The number of hydrogen-bond acceptors (Lipinski definition) is 5. The molecule has 4 N–H and O–H groups in total. The second-order valence-electron chi connectivity index (χ2n) is 20.4. The van der Waals surface area contributed by atoms with Crippen LogP contribution in [0.15, 0.2) is 11.6 Å². The van der Waals surface area contributed by atoms with E-state index >= 15 is 0 Å². The van der Waals surface area contributed by atoms with E-state index in [-0.39, 0.29) is 35.9 Å². The van der Waals surface area contributed by atoms with Gasteiger partial charge in [-0.2, -0.15) is 0 Å². The molecule has 0 heterocycles. The SMILES string of the molecule is CC(C)CCC[C@@H](C)[C@H]1CC[C@H]2[C@@H]3CC=C4C[C@@H](SSCCC(=O)N(CCCCCCCC(C)(C)N)CCC(C)(C)N)CC[C@]4(C)[C@H]3CC[C@]12C.Cl.Cl. The molecule has 4 aliphatic carbocycles. The van der Waals surface area contributed by atoms with Crippen molar-refractivity contribution in [2.24, 2.45) is 57.8 Å². The molecule has 0 spiro atoms. The average molecular weight is 819 g/mol. The summed E-state index contributed by atoms with van der Waals surface area (Å²) in [6, 6.07) is 0. The number of amides is 1. The zero-order valence-electron chi connectivity index (χ0n) is 35.8. The zero-order chi connectivity index (χ0) is 37.5. The van der Waals surface area contributed by atoms with Crippen molar-refractivity contribution in [3.8, 4) is 0 Å². The lowest BCUT2D eigenvalue weighted by molar-refractivity contribution is -0.131. The number of unbranched alkanes of at least 4 members (excludes halogenated alkanes) is 4. The molecule has 0 aromatic rings. The van der Waals surface area contributed by atoms with Gasteiger partial charge in [-0.3, -0.25) is 4.79 Å². The third-order valence-electron chi connectivity index (χ3n) is 14.5. The van der Waals surface area contributed by atoms with E-state index in [1.54, 1.807) is 5.57 Å². The molecular formula is C45H85Cl2N3OS2. The normalized spacial score (nSPS) is 30.3. The minimum absolute atomic E-state index is 0. The lowest BCUT2D eigenvalue weighted by atomic mass is 9.47. The summed E-state index contributed by atoms with van der Waals surface area (Å²) < 4.78 is 0. The summed E-state index contributed by atoms with van der Waals surface area (Å²) in [4.78, 5) is 15.5. The molecule has 0 radical (unpaired) electrons. The Balaban J connectivity index is 0.00000486. The van der Waals surface area contributed by atoms with Crippen LogP contribution in [0, 0.1) is 46.3 Å². The fraction of sp³-hybridized carbons (Fsp3) is 0.933. The summed E-state index contributed by atoms with van der Waals surface area (Å²) in [5.74, 6) is 6.63. The van der Waals surface area contributed by atoms with E-state index in [1.807, 2.05) is 10.8 Å². The van der Waals surface area contributed by atoms with Gasteiger partial charge in [0.25, 0.3) is 0 Å². The van der Waals surface area contributed by atoms with Crippen molar-refractivity contribution in [3.05, 3.63) is 11.6 Å². The second kappa shape index (κ2) is 22.0. The number of halogens is 2. The largest absolute Gasteiger partial charge is 0.343 e. The highest BCUT2D eigenvalue weighted by molar-refractivity contribution is 8.76. The molecule has 53 heavy (non-hydrogen) atoms. The molecular weight excluding hydrogens is 734 g/mol. The molecule has 3 saturated carbocycles. The number of allylic oxidation sites excluding steroid dienone is 2. The number of hydrogen-bond donors (Lipinski definition) is 2. The molecule has 0 bridgehead atoms. The maximum atomic E-state index is 13.4. The Hall–Kier alpha value is 0.410. The summed E-state index contributed by atoms with van der Waals surface area (Å²) in [6.07, 6.45) is 26.7. The van der Waals surface area contributed by atoms with Crippen molar-refractivity contribution in [1.82, 2.24) is 4.90 Å². The fourth-order valence-electron chi connectivity index (χ4n) is 11.4. The van der Waals surface area contributed by atoms with E-state index in [4.69, 9.17) is 11.5 Å². The van der Waals surface area contributed by atoms with Crippen LogP contribution in [0.5, 0.6) is 0 Å². The first-order valence-electron chi connectivity index (χ1n) is 21.8. The van der Waals surface area contributed by atoms with Crippen LogP contribution < -0.4 is 11.5 Å². The molecule has 8 heteroatoms. The van der Waals surface area contributed by atoms with Crippen LogP contribution >= 0.6 is 46.4 Å². The standard InChI is InChI=1S/C45H83N3OS2.2ClH/c1-33(2)16-15-17-34(3)38-20-21-39-37-19-18-35-32-36(22-26-44(35,8)40(37)23-27-45(38,39)9)51-50-31-24-41(49)48(30-28-43(6,7)47)29-14-12-10-11-13-25-42(4,5)46;;/h18,33-34,36-40H,10-17,19-32,46-47H2,1-9H3;2*1H/t34-,36+,37+,38-,39+,40+,44+,45-;;/m1../s1. The summed E-state index contributed by atoms with van der Waals surface area (Å²) in [5, 5.41) is 0.691. The molecule has 4 nitrogen and oxygen atoms in total. The maximum Gasteiger partial charge on any atom is 0.223 e. The number of rotatable bonds is 21. The maximum absolute atomic E-state index is 13.4. The van der Waals surface area contributed by atoms with Gasteiger partial charge in [0, 0.05) is 41.6 Å². The molecule has 312 valence electrons. The summed E-state index contributed by atoms with van der Waals surface area (Å²) in [5.41, 5.74) is 15.0. The molecule has 0 aromatic carbocycles. The van der Waals surface area contributed by atoms with Crippen molar-refractivity contribution in [2.45, 2.75) is 201 Å². The lowest BCUT2D eigenvalue weighted by Crippen LogP contribution is -2.50. The predicted molar refractivity (Wildman–Crippen MR) is 241 cm³/mol. The van der Waals surface area contributed by atoms with Crippen LogP contribution in [-0.2, 0) is 4.79 Å². The molecule has 0 aromatic heterocycles. The highest BCUT2D eigenvalue weighted by atomic mass is 35.5. The highest BCUT2D eigenvalue weighted by Gasteiger charge is 2.59. The van der Waals surface area contributed by atoms with Crippen LogP contribution in [0.2, 0.25) is 0 Å². The van der Waals surface area contributed by atoms with Crippen LogP contribution in [-0.4, -0.2) is 46.0 Å². The van der Waals surface area contributed by atoms with Crippen LogP contribution in [0.3, 0.4) is 0 Å². The topological polar surface area (TPSA) is 72.3 Å². The number of carbonyl (C=O) groups is 1. The molecule has 3 fully saturated rings. The van der Waals surface area contributed by atoms with Gasteiger partial charge in [0.2, 0.25) is 5.91 Å². The first-order valence-corrected chi connectivity index (χ1v) is 24.1. The smallest absolute Gasteiger partial charge is 0.223 e. The third kappa shape index (κ3) is 14.3. The Morgan fingerprint density at radius 1 is 0.849 bits per heavy atom. The predicted octanol–water partition coefficient (Wildman–Crippen LogP) is 13.0. The number of carbonyl (C=O) groups excluding carboxylic acids is 1. The van der Waals surface area contributed by atoms with E-state index in [0.717, 1.165) is 73.6 Å². The Bertz CT molecular complexity index is 1120. The molecule has 4 rings (SSSR count). The Labute approximate surface area is 349 Å². The van der Waals surface area contributed by atoms with Crippen LogP contribution in [0.25, 0.3) is 0 Å². The van der Waals surface area contributed by atoms with Gasteiger partial charge in [-0.25, -0.2) is 0 Å². The molecule has 0 unspecified atom stereocenters. The van der Waals surface area contributed by atoms with Gasteiger partial charge in [0.15, 0.2) is 0 Å². The minimum atomic E-state index is -0.246. The fourth-order valence-corrected chi connectivity index (χ4v) is 14.0. The highest BCUT2D eigenvalue weighted by Crippen LogP contribution is 2.67. The Morgan fingerprint density at radius 3 is 2.21 bits per heavy atom. The molecule has 1 amide bonds. The van der Waals surface area contributed by atoms with Gasteiger partial charge < -0.3 is 16.4 Å². The van der Waals surface area contributed by atoms with Crippen molar-refractivity contribution in [2.75, 3.05) is 18.8 Å². The quantitative estimate of drug-likeness (QED) is 0.0686. The Kier molecular flexibility index (Phi) is 20.5. The number of nitrogens with zero attached hydrogens (tertiary/aromatic N) is 1. The number of fused-ring (bicyclic) bond motifs is 5. The van der Waals surface area contributed by atoms with Gasteiger partial charge in [-0.1, -0.05) is 113 Å². The monoisotopic (exact) mass is 818 g/mol. The molecule has 4 aliphatic rings. The van der Waals surface area contributed by atoms with E-state index in [1.165, 1.54) is 96.3 Å². The van der Waals surface area contributed by atoms with Crippen LogP contribution in [0.1, 0.15) is 184 Å². The van der Waals surface area contributed by atoms with Crippen molar-refractivity contribution < 1.29 is 4.79 Å². The van der Waals surface area contributed by atoms with Gasteiger partial charge in [-0.15, -0.1) is 24.8 Å². The summed E-state index contributed by atoms with van der Waals surface area (Å²) in [7, 11) is 4.04. The van der Waals surface area contributed by atoms with Gasteiger partial charge in [0.1, 0.15) is 0 Å². The number of nitrogens with two attached hydrogens (primary N) is 2. The first kappa shape index (κ1) is 49.6. The van der Waals surface area contributed by atoms with E-state index < -0.39 is 0 Å². The van der Waals surface area contributed by atoms with E-state index in [0.29, 0.717) is 28.4 Å². The average Bonchev–Trinajstić information content (AvgIpc) is 3.40.